The van der Waals surface area contributed by atoms with Crippen LogP contribution in [0, 0.1) is 5.92 Å². The van der Waals surface area contributed by atoms with Gasteiger partial charge in [-0.1, -0.05) is 133 Å². The van der Waals surface area contributed by atoms with Crippen LogP contribution in [0.25, 0.3) is 0 Å². The summed E-state index contributed by atoms with van der Waals surface area (Å²) in [6.45, 7) is 9.25. The quantitative estimate of drug-likeness (QED) is 0.0275. The topological polar surface area (TPSA) is 85.4 Å². The molecule has 1 rings (SSSR count). The van der Waals surface area contributed by atoms with Crippen LogP contribution in [-0.4, -0.2) is 80.4 Å². The van der Waals surface area contributed by atoms with Crippen LogP contribution in [0.2, 0.25) is 0 Å². The zero-order valence-corrected chi connectivity index (χ0v) is 35.6. The third kappa shape index (κ3) is 29.8. The van der Waals surface area contributed by atoms with Crippen molar-refractivity contribution < 1.29 is 28.6 Å². The summed E-state index contributed by atoms with van der Waals surface area (Å²) in [5.74, 6) is -0.938. The number of carbonyl (C=O) groups excluding carboxylic acids is 3. The van der Waals surface area contributed by atoms with E-state index < -0.39 is 12.0 Å². The smallest absolute Gasteiger partial charge is 0.409 e. The summed E-state index contributed by atoms with van der Waals surface area (Å²) in [4.78, 5) is 41.7. The van der Waals surface area contributed by atoms with Gasteiger partial charge in [0, 0.05) is 33.0 Å². The first-order chi connectivity index (χ1) is 26.9. The molecule has 1 atom stereocenters. The minimum absolute atomic E-state index is 0.0265. The maximum Gasteiger partial charge on any atom is 0.409 e. The maximum absolute atomic E-state index is 12.7. The number of nitrogens with zero attached hydrogens (tertiary/aromatic N) is 2. The molecule has 1 aliphatic heterocycles. The molecule has 0 aromatic rings. The molecule has 0 bridgehead atoms. The van der Waals surface area contributed by atoms with E-state index in [1.165, 1.54) is 32.1 Å². The van der Waals surface area contributed by atoms with Crippen molar-refractivity contribution in [3.63, 3.8) is 0 Å². The van der Waals surface area contributed by atoms with Gasteiger partial charge in [0.2, 0.25) is 0 Å². The highest BCUT2D eigenvalue weighted by Crippen LogP contribution is 2.15. The Kier molecular flexibility index (Phi) is 33.1. The molecule has 0 aliphatic carbocycles. The third-order valence-corrected chi connectivity index (χ3v) is 9.99. The van der Waals surface area contributed by atoms with Crippen molar-refractivity contribution in [1.29, 1.82) is 0 Å². The normalized spacial score (nSPS) is 14.5. The van der Waals surface area contributed by atoms with Crippen molar-refractivity contribution >= 4 is 18.0 Å². The lowest BCUT2D eigenvalue weighted by atomic mass is 10.1. The molecular weight excluding hydrogens is 689 g/mol. The van der Waals surface area contributed by atoms with Crippen LogP contribution >= 0.6 is 0 Å². The lowest BCUT2D eigenvalue weighted by Gasteiger charge is -2.42. The molecule has 0 N–H and O–H groups in total. The van der Waals surface area contributed by atoms with Gasteiger partial charge in [0.05, 0.1) is 12.0 Å². The molecule has 8 nitrogen and oxygen atoms in total. The fourth-order valence-corrected chi connectivity index (χ4v) is 6.17. The molecule has 1 heterocycles. The second-order valence-corrected chi connectivity index (χ2v) is 15.0. The van der Waals surface area contributed by atoms with E-state index in [9.17, 15) is 14.4 Å². The Morgan fingerprint density at radius 1 is 0.564 bits per heavy atom. The Labute approximate surface area is 336 Å². The summed E-state index contributed by atoms with van der Waals surface area (Å²) in [5, 5.41) is 0. The van der Waals surface area contributed by atoms with Crippen molar-refractivity contribution in [2.24, 2.45) is 5.92 Å². The van der Waals surface area contributed by atoms with Gasteiger partial charge in [0.1, 0.15) is 19.8 Å². The van der Waals surface area contributed by atoms with Gasteiger partial charge in [-0.25, -0.2) is 4.79 Å². The van der Waals surface area contributed by atoms with Crippen LogP contribution in [0.4, 0.5) is 4.79 Å². The van der Waals surface area contributed by atoms with Gasteiger partial charge in [0.15, 0.2) is 0 Å². The van der Waals surface area contributed by atoms with E-state index in [-0.39, 0.29) is 37.8 Å². The molecule has 0 saturated carbocycles. The van der Waals surface area contributed by atoms with Crippen LogP contribution in [0.3, 0.4) is 0 Å². The summed E-state index contributed by atoms with van der Waals surface area (Å²) < 4.78 is 16.8. The standard InChI is InChI=1S/C47H80N2O6/c1-5-8-10-12-14-16-18-20-22-24-26-28-30-32-34-36-45(50)53-40-43(42-55-47(52)48(4)44-38-49(7-3)39-44)41-54-46(51)37-35-33-31-29-27-25-23-21-19-17-15-13-11-9-6-2/h8,10,14-17,20-23,43-44H,5-7,9,11-13,18-19,24-42H2,1-4H3/b10-8-,16-14-,17-15-,22-20-,23-21-. The van der Waals surface area contributed by atoms with Gasteiger partial charge < -0.3 is 19.1 Å². The molecule has 0 aromatic heterocycles. The average molecular weight is 769 g/mol. The maximum atomic E-state index is 12.7. The molecule has 1 amide bonds. The van der Waals surface area contributed by atoms with Gasteiger partial charge >= 0.3 is 18.0 Å². The highest BCUT2D eigenvalue weighted by molar-refractivity contribution is 5.70. The molecule has 1 aliphatic rings. The summed E-state index contributed by atoms with van der Waals surface area (Å²) in [5.41, 5.74) is 0. The molecule has 0 spiro atoms. The van der Waals surface area contributed by atoms with E-state index >= 15 is 0 Å². The summed E-state index contributed by atoms with van der Waals surface area (Å²) in [7, 11) is 1.75. The average Bonchev–Trinajstić information content (AvgIpc) is 3.16. The van der Waals surface area contributed by atoms with Crippen LogP contribution in [0.1, 0.15) is 162 Å². The summed E-state index contributed by atoms with van der Waals surface area (Å²) in [6.07, 6.45) is 44.5. The highest BCUT2D eigenvalue weighted by Gasteiger charge is 2.32. The molecule has 0 radical (unpaired) electrons. The third-order valence-electron chi connectivity index (χ3n) is 9.99. The number of unbranched alkanes of at least 4 members (excludes halogenated alkanes) is 13. The van der Waals surface area contributed by atoms with E-state index in [4.69, 9.17) is 14.2 Å². The number of carbonyl (C=O) groups is 3. The van der Waals surface area contributed by atoms with Gasteiger partial charge in [0.25, 0.3) is 0 Å². The highest BCUT2D eigenvalue weighted by atomic mass is 16.6. The SMILES string of the molecule is CC/C=C\C/C=C\C/C=C\CCCCCCCC(=O)OCC(COC(=O)CCCCCCC/C=C\C/C=C\CCCCC)COC(=O)N(C)C1CN(CC)C1. The number of likely N-dealkylation sites (N-methyl/N-ethyl adjacent to an activating group) is 2. The van der Waals surface area contributed by atoms with Crippen molar-refractivity contribution in [2.45, 2.75) is 168 Å². The van der Waals surface area contributed by atoms with Crippen molar-refractivity contribution in [1.82, 2.24) is 9.80 Å². The first-order valence-electron chi connectivity index (χ1n) is 22.1. The number of rotatable bonds is 35. The second kappa shape index (κ2) is 36.5. The zero-order valence-electron chi connectivity index (χ0n) is 35.6. The number of ether oxygens (including phenoxy) is 3. The van der Waals surface area contributed by atoms with Crippen LogP contribution in [0.15, 0.2) is 60.8 Å². The Morgan fingerprint density at radius 2 is 0.982 bits per heavy atom. The van der Waals surface area contributed by atoms with Gasteiger partial charge in [-0.3, -0.25) is 14.5 Å². The predicted molar refractivity (Wildman–Crippen MR) is 229 cm³/mol. The molecule has 8 heteroatoms. The first kappa shape index (κ1) is 49.9. The van der Waals surface area contributed by atoms with E-state index in [0.29, 0.717) is 12.8 Å². The largest absolute Gasteiger partial charge is 0.465 e. The summed E-state index contributed by atoms with van der Waals surface area (Å²) in [6, 6.07) is 0.132. The zero-order chi connectivity index (χ0) is 40.0. The Bertz CT molecular complexity index is 1110. The fraction of sp³-hybridized carbons (Fsp3) is 0.723. The Morgan fingerprint density at radius 3 is 1.45 bits per heavy atom. The van der Waals surface area contributed by atoms with Gasteiger partial charge in [-0.2, -0.15) is 0 Å². The monoisotopic (exact) mass is 769 g/mol. The Balaban J connectivity index is 2.29. The molecular formula is C47H80N2O6. The van der Waals surface area contributed by atoms with Gasteiger partial charge in [-0.05, 0) is 83.6 Å². The lowest BCUT2D eigenvalue weighted by molar-refractivity contribution is -0.150. The molecule has 1 fully saturated rings. The molecule has 1 saturated heterocycles. The van der Waals surface area contributed by atoms with E-state index in [2.05, 4.69) is 86.4 Å². The molecule has 314 valence electrons. The predicted octanol–water partition coefficient (Wildman–Crippen LogP) is 11.9. The minimum atomic E-state index is -0.412. The molecule has 55 heavy (non-hydrogen) atoms. The number of allylic oxidation sites excluding steroid dienone is 10. The second-order valence-electron chi connectivity index (χ2n) is 15.0. The number of hydrogen-bond acceptors (Lipinski definition) is 7. The number of likely N-dealkylation sites (tertiary alicyclic amines) is 1. The van der Waals surface area contributed by atoms with Crippen molar-refractivity contribution in [2.75, 3.05) is 46.5 Å². The van der Waals surface area contributed by atoms with Gasteiger partial charge in [-0.15, -0.1) is 0 Å². The molecule has 1 unspecified atom stereocenters. The van der Waals surface area contributed by atoms with Crippen LogP contribution in [-0.2, 0) is 23.8 Å². The number of esters is 2. The van der Waals surface area contributed by atoms with Crippen LogP contribution in [0.5, 0.6) is 0 Å². The number of hydrogen-bond donors (Lipinski definition) is 0. The van der Waals surface area contributed by atoms with Crippen molar-refractivity contribution in [3.8, 4) is 0 Å². The minimum Gasteiger partial charge on any atom is -0.465 e. The van der Waals surface area contributed by atoms with E-state index in [1.807, 2.05) is 0 Å². The van der Waals surface area contributed by atoms with Crippen LogP contribution < -0.4 is 0 Å². The fourth-order valence-electron chi connectivity index (χ4n) is 6.17. The van der Waals surface area contributed by atoms with E-state index in [0.717, 1.165) is 116 Å². The number of amides is 1. The first-order valence-corrected chi connectivity index (χ1v) is 22.1. The molecule has 0 aromatic carbocycles. The van der Waals surface area contributed by atoms with E-state index in [1.54, 1.807) is 11.9 Å². The summed E-state index contributed by atoms with van der Waals surface area (Å²) >= 11 is 0. The Hall–Kier alpha value is -3.13. The lowest BCUT2D eigenvalue weighted by Crippen LogP contribution is -2.59. The van der Waals surface area contributed by atoms with Crippen molar-refractivity contribution in [3.05, 3.63) is 60.8 Å².